The molecule has 0 spiro atoms. The van der Waals surface area contributed by atoms with E-state index in [9.17, 15) is 9.90 Å². The molecule has 6 heteroatoms. The summed E-state index contributed by atoms with van der Waals surface area (Å²) in [5, 5.41) is 10.5. The van der Waals surface area contributed by atoms with E-state index in [-0.39, 0.29) is 11.8 Å². The lowest BCUT2D eigenvalue weighted by Crippen LogP contribution is -2.58. The molecule has 3 saturated carbocycles. The van der Waals surface area contributed by atoms with Gasteiger partial charge in [-0.3, -0.25) is 4.79 Å². The van der Waals surface area contributed by atoms with Gasteiger partial charge in [0.15, 0.2) is 10.7 Å². The van der Waals surface area contributed by atoms with Crippen molar-refractivity contribution in [2.75, 3.05) is 14.2 Å². The number of aliphatic hydroxyl groups excluding tert-OH is 1. The fraction of sp³-hybridized carbons (Fsp3) is 0.933. The molecular formula is C15H22Cl2O4. The van der Waals surface area contributed by atoms with Gasteiger partial charge in [-0.05, 0) is 24.7 Å². The third kappa shape index (κ3) is 1.56. The maximum absolute atomic E-state index is 12.7. The maximum atomic E-state index is 12.7. The number of alkyl halides is 2. The summed E-state index contributed by atoms with van der Waals surface area (Å²) in [4.78, 5) is 9.94. The molecule has 3 fully saturated rings. The van der Waals surface area contributed by atoms with Crippen LogP contribution < -0.4 is 0 Å². The predicted octanol–water partition coefficient (Wildman–Crippen LogP) is 2.47. The fourth-order valence-electron chi connectivity index (χ4n) is 5.04. The molecule has 0 aromatic carbocycles. The van der Waals surface area contributed by atoms with Crippen LogP contribution >= 0.6 is 23.2 Å². The van der Waals surface area contributed by atoms with Gasteiger partial charge in [0.25, 0.3) is 0 Å². The highest BCUT2D eigenvalue weighted by Crippen LogP contribution is 2.70. The van der Waals surface area contributed by atoms with Crippen molar-refractivity contribution in [1.82, 2.24) is 0 Å². The predicted molar refractivity (Wildman–Crippen MR) is 79.6 cm³/mol. The summed E-state index contributed by atoms with van der Waals surface area (Å²) in [7, 11) is 2.89. The smallest absolute Gasteiger partial charge is 0.217 e. The summed E-state index contributed by atoms with van der Waals surface area (Å²) in [6, 6.07) is 0. The number of ether oxygens (including phenoxy) is 2. The SMILES string of the molecule is COC1(OC)[C@@]2(Cl)[C@H](O)C(=O)[C@]1(Cl)[C@@H]1CCCCCC[C@@H]12. The van der Waals surface area contributed by atoms with Gasteiger partial charge in [0.05, 0.1) is 0 Å². The molecule has 120 valence electrons. The maximum Gasteiger partial charge on any atom is 0.217 e. The third-order valence-corrected chi connectivity index (χ3v) is 7.33. The average Bonchev–Trinajstić information content (AvgIpc) is 2.67. The van der Waals surface area contributed by atoms with Crippen LogP contribution in [0.4, 0.5) is 0 Å². The molecule has 0 heterocycles. The van der Waals surface area contributed by atoms with E-state index >= 15 is 0 Å². The van der Waals surface area contributed by atoms with Crippen molar-refractivity contribution in [2.45, 2.75) is 60.2 Å². The second-order valence-corrected chi connectivity index (χ2v) is 7.70. The molecule has 0 saturated heterocycles. The summed E-state index contributed by atoms with van der Waals surface area (Å²) in [5.41, 5.74) is 0. The Kier molecular flexibility index (Phi) is 3.86. The highest BCUT2D eigenvalue weighted by Gasteiger charge is 2.88. The van der Waals surface area contributed by atoms with E-state index in [1.54, 1.807) is 0 Å². The zero-order valence-electron chi connectivity index (χ0n) is 12.4. The van der Waals surface area contributed by atoms with Gasteiger partial charge in [-0.2, -0.15) is 0 Å². The van der Waals surface area contributed by atoms with Crippen molar-refractivity contribution in [3.8, 4) is 0 Å². The molecule has 0 unspecified atom stereocenters. The zero-order chi connectivity index (χ0) is 15.5. The summed E-state index contributed by atoms with van der Waals surface area (Å²) in [6.07, 6.45) is 4.61. The lowest BCUT2D eigenvalue weighted by atomic mass is 9.71. The Hall–Kier alpha value is 0.130. The Balaban J connectivity index is 2.18. The van der Waals surface area contributed by atoms with Crippen LogP contribution in [-0.2, 0) is 14.3 Å². The van der Waals surface area contributed by atoms with Crippen LogP contribution in [-0.4, -0.2) is 46.7 Å². The highest BCUT2D eigenvalue weighted by atomic mass is 35.5. The molecule has 5 atom stereocenters. The molecule has 4 nitrogen and oxygen atoms in total. The first-order valence-electron chi connectivity index (χ1n) is 7.62. The van der Waals surface area contributed by atoms with Crippen LogP contribution in [0.15, 0.2) is 0 Å². The van der Waals surface area contributed by atoms with Crippen LogP contribution in [0.25, 0.3) is 0 Å². The van der Waals surface area contributed by atoms with Gasteiger partial charge in [0.1, 0.15) is 11.0 Å². The van der Waals surface area contributed by atoms with Crippen molar-refractivity contribution in [3.05, 3.63) is 0 Å². The normalized spacial score (nSPS) is 48.8. The molecular weight excluding hydrogens is 315 g/mol. The van der Waals surface area contributed by atoms with Crippen LogP contribution in [0.3, 0.4) is 0 Å². The van der Waals surface area contributed by atoms with E-state index < -0.39 is 27.4 Å². The minimum absolute atomic E-state index is 0.0791. The van der Waals surface area contributed by atoms with E-state index in [1.165, 1.54) is 14.2 Å². The molecule has 0 amide bonds. The second-order valence-electron chi connectivity index (χ2n) is 6.48. The summed E-state index contributed by atoms with van der Waals surface area (Å²) < 4.78 is 11.2. The van der Waals surface area contributed by atoms with E-state index in [2.05, 4.69) is 0 Å². The van der Waals surface area contributed by atoms with Gasteiger partial charge < -0.3 is 14.6 Å². The zero-order valence-corrected chi connectivity index (χ0v) is 13.9. The largest absolute Gasteiger partial charge is 0.383 e. The van der Waals surface area contributed by atoms with Crippen LogP contribution in [0, 0.1) is 11.8 Å². The number of methoxy groups -OCH3 is 2. The number of halogens is 2. The molecule has 3 aliphatic rings. The van der Waals surface area contributed by atoms with E-state index in [1.807, 2.05) is 0 Å². The number of aliphatic hydroxyl groups is 1. The number of carbonyl (C=O) groups excluding carboxylic acids is 1. The van der Waals surface area contributed by atoms with Gasteiger partial charge >= 0.3 is 0 Å². The first kappa shape index (κ1) is 16.0. The minimum Gasteiger partial charge on any atom is -0.383 e. The Bertz CT molecular complexity index is 453. The number of fused-ring (bicyclic) bond motifs is 5. The molecule has 3 aliphatic carbocycles. The molecule has 0 radical (unpaired) electrons. The summed E-state index contributed by atoms with van der Waals surface area (Å²) in [6.45, 7) is 0. The van der Waals surface area contributed by atoms with E-state index in [0.29, 0.717) is 0 Å². The van der Waals surface area contributed by atoms with Crippen LogP contribution in [0.1, 0.15) is 38.5 Å². The number of ketones is 1. The van der Waals surface area contributed by atoms with Crippen molar-refractivity contribution in [1.29, 1.82) is 0 Å². The number of Topliss-reactive ketones (excluding diaryl/α,β-unsaturated/α-hetero) is 1. The first-order chi connectivity index (χ1) is 9.91. The van der Waals surface area contributed by atoms with Gasteiger partial charge in [-0.25, -0.2) is 0 Å². The van der Waals surface area contributed by atoms with Gasteiger partial charge in [0, 0.05) is 14.2 Å². The number of carbonyl (C=O) groups is 1. The molecule has 3 rings (SSSR count). The average molecular weight is 337 g/mol. The van der Waals surface area contributed by atoms with E-state index in [4.69, 9.17) is 32.7 Å². The Morgan fingerprint density at radius 1 is 1.05 bits per heavy atom. The Morgan fingerprint density at radius 3 is 2.10 bits per heavy atom. The lowest BCUT2D eigenvalue weighted by molar-refractivity contribution is -0.228. The van der Waals surface area contributed by atoms with Crippen molar-refractivity contribution < 1.29 is 19.4 Å². The topological polar surface area (TPSA) is 55.8 Å². The van der Waals surface area contributed by atoms with Crippen LogP contribution in [0.2, 0.25) is 0 Å². The summed E-state index contributed by atoms with van der Waals surface area (Å²) in [5.74, 6) is -2.12. The Morgan fingerprint density at radius 2 is 1.57 bits per heavy atom. The van der Waals surface area contributed by atoms with Gasteiger partial charge in [-0.1, -0.05) is 25.7 Å². The molecule has 21 heavy (non-hydrogen) atoms. The monoisotopic (exact) mass is 336 g/mol. The fourth-order valence-corrected chi connectivity index (χ4v) is 6.43. The van der Waals surface area contributed by atoms with Crippen LogP contribution in [0.5, 0.6) is 0 Å². The highest BCUT2D eigenvalue weighted by molar-refractivity contribution is 6.43. The van der Waals surface area contributed by atoms with Crippen molar-refractivity contribution >= 4 is 29.0 Å². The minimum atomic E-state index is -1.47. The second kappa shape index (κ2) is 5.07. The molecule has 0 aromatic rings. The van der Waals surface area contributed by atoms with E-state index in [0.717, 1.165) is 38.5 Å². The number of rotatable bonds is 2. The van der Waals surface area contributed by atoms with Gasteiger partial charge in [0.2, 0.25) is 5.79 Å². The molecule has 0 aromatic heterocycles. The summed E-state index contributed by atoms with van der Waals surface area (Å²) >= 11 is 13.7. The Labute approximate surface area is 135 Å². The molecule has 1 N–H and O–H groups in total. The number of hydrogen-bond donors (Lipinski definition) is 1. The quantitative estimate of drug-likeness (QED) is 0.621. The first-order valence-corrected chi connectivity index (χ1v) is 8.38. The third-order valence-electron chi connectivity index (χ3n) is 5.88. The molecule has 2 bridgehead atoms. The van der Waals surface area contributed by atoms with Crippen molar-refractivity contribution in [2.24, 2.45) is 11.8 Å². The van der Waals surface area contributed by atoms with Gasteiger partial charge in [-0.15, -0.1) is 23.2 Å². The molecule has 0 aliphatic heterocycles. The standard InChI is InChI=1S/C15H22Cl2O4/c1-20-15(21-2)13(16)9-7-5-3-4-6-8-10(9)14(15,17)12(19)11(13)18/h9-11,18H,3-8H2,1-2H3/t9-,10+,11+,13-,14+/m0/s1. The lowest BCUT2D eigenvalue weighted by Gasteiger charge is -2.41. The van der Waals surface area contributed by atoms with Crippen molar-refractivity contribution in [3.63, 3.8) is 0 Å². The number of hydrogen-bond acceptors (Lipinski definition) is 4.